The van der Waals surface area contributed by atoms with Gasteiger partial charge in [0.2, 0.25) is 5.91 Å². The topological polar surface area (TPSA) is 110 Å². The van der Waals surface area contributed by atoms with Crippen molar-refractivity contribution in [2.24, 2.45) is 11.7 Å². The molecule has 0 aliphatic carbocycles. The van der Waals surface area contributed by atoms with Crippen molar-refractivity contribution in [3.05, 3.63) is 29.8 Å². The van der Waals surface area contributed by atoms with Crippen LogP contribution in [0.15, 0.2) is 29.2 Å². The number of hydrogen-bond acceptors (Lipinski definition) is 5. The number of likely N-dealkylation sites (tertiary alicyclic amines) is 1. The molecule has 0 aromatic heterocycles. The molecule has 0 radical (unpaired) electrons. The first-order chi connectivity index (χ1) is 12.3. The molecule has 0 spiro atoms. The van der Waals surface area contributed by atoms with Gasteiger partial charge in [-0.15, -0.1) is 12.4 Å². The summed E-state index contributed by atoms with van der Waals surface area (Å²) in [5.74, 6) is -0.759. The fraction of sp³-hybridized carbons (Fsp3) is 0.556. The van der Waals surface area contributed by atoms with Crippen molar-refractivity contribution >= 4 is 34.1 Å². The van der Waals surface area contributed by atoms with Crippen molar-refractivity contribution in [1.29, 1.82) is 0 Å². The Hall–Kier alpha value is -1.64. The number of sulfone groups is 1. The van der Waals surface area contributed by atoms with Gasteiger partial charge in [0, 0.05) is 26.2 Å². The minimum absolute atomic E-state index is 0. The van der Waals surface area contributed by atoms with Crippen molar-refractivity contribution in [3.8, 4) is 0 Å². The van der Waals surface area contributed by atoms with Crippen LogP contribution >= 0.6 is 12.4 Å². The Bertz CT molecular complexity index is 768. The molecule has 3 N–H and O–H groups in total. The second-order valence-corrected chi connectivity index (χ2v) is 9.23. The summed E-state index contributed by atoms with van der Waals surface area (Å²) in [7, 11) is -3.57. The van der Waals surface area contributed by atoms with Crippen LogP contribution in [0.4, 0.5) is 0 Å². The van der Waals surface area contributed by atoms with Crippen LogP contribution in [0.3, 0.4) is 0 Å². The summed E-state index contributed by atoms with van der Waals surface area (Å²) in [6.07, 6.45) is 1.40. The number of benzene rings is 1. The fourth-order valence-corrected chi connectivity index (χ4v) is 4.27. The predicted molar refractivity (Wildman–Crippen MR) is 107 cm³/mol. The number of piperidine rings is 1. The molecule has 1 atom stereocenters. The number of rotatable bonds is 6. The second kappa shape index (κ2) is 10.1. The molecule has 152 valence electrons. The summed E-state index contributed by atoms with van der Waals surface area (Å²) in [5.41, 5.74) is 5.57. The van der Waals surface area contributed by atoms with Gasteiger partial charge in [-0.2, -0.15) is 0 Å². The number of hydrogen-bond donors (Lipinski definition) is 2. The highest BCUT2D eigenvalue weighted by atomic mass is 35.5. The van der Waals surface area contributed by atoms with E-state index in [9.17, 15) is 18.0 Å². The molecule has 1 aliphatic rings. The highest BCUT2D eigenvalue weighted by Crippen LogP contribution is 2.24. The van der Waals surface area contributed by atoms with Crippen LogP contribution in [0.5, 0.6) is 0 Å². The number of nitrogens with zero attached hydrogens (tertiary/aromatic N) is 1. The van der Waals surface area contributed by atoms with Crippen LogP contribution in [0.25, 0.3) is 0 Å². The number of carbonyl (C=O) groups excluding carboxylic acids is 2. The maximum Gasteiger partial charge on any atom is 0.255 e. The molecule has 1 saturated heterocycles. The Balaban J connectivity index is 0.00000364. The number of nitrogens with one attached hydrogen (secondary N) is 1. The second-order valence-electron chi connectivity index (χ2n) is 6.76. The van der Waals surface area contributed by atoms with E-state index in [1.54, 1.807) is 30.9 Å². The van der Waals surface area contributed by atoms with Gasteiger partial charge in [-0.05, 0) is 38.8 Å². The summed E-state index contributed by atoms with van der Waals surface area (Å²) >= 11 is 0. The van der Waals surface area contributed by atoms with Gasteiger partial charge in [-0.25, -0.2) is 8.42 Å². The fourth-order valence-electron chi connectivity index (χ4n) is 3.03. The van der Waals surface area contributed by atoms with Crippen LogP contribution in [-0.4, -0.2) is 56.6 Å². The van der Waals surface area contributed by atoms with Gasteiger partial charge in [0.05, 0.1) is 21.6 Å². The Morgan fingerprint density at radius 2 is 1.96 bits per heavy atom. The first kappa shape index (κ1) is 23.4. The summed E-state index contributed by atoms with van der Waals surface area (Å²) in [5, 5.41) is 2.14. The lowest BCUT2D eigenvalue weighted by Gasteiger charge is -2.32. The molecule has 1 aromatic rings. The number of halogens is 1. The van der Waals surface area contributed by atoms with E-state index in [0.717, 1.165) is 0 Å². The number of nitrogens with two attached hydrogens (primary N) is 1. The average Bonchev–Trinajstić information content (AvgIpc) is 2.65. The molecule has 1 heterocycles. The average molecular weight is 418 g/mol. The van der Waals surface area contributed by atoms with Gasteiger partial charge in [0.1, 0.15) is 0 Å². The maximum absolute atomic E-state index is 13.0. The Morgan fingerprint density at radius 1 is 1.30 bits per heavy atom. The highest BCUT2D eigenvalue weighted by molar-refractivity contribution is 7.92. The van der Waals surface area contributed by atoms with Gasteiger partial charge in [-0.1, -0.05) is 12.1 Å². The first-order valence-corrected chi connectivity index (χ1v) is 10.4. The van der Waals surface area contributed by atoms with Crippen LogP contribution in [0.1, 0.15) is 37.0 Å². The highest BCUT2D eigenvalue weighted by Gasteiger charge is 2.32. The summed E-state index contributed by atoms with van der Waals surface area (Å²) < 4.78 is 25.2. The number of carbonyl (C=O) groups is 2. The standard InChI is InChI=1S/C18H27N3O4S.ClH/c1-13(2)26(24,25)16-8-4-3-7-15(16)18(23)21-11-5-6-14(12-21)17(22)20-10-9-19;/h3-4,7-8,13-14H,5-6,9-12,19H2,1-2H3,(H,20,22);1H. The zero-order valence-corrected chi connectivity index (χ0v) is 17.3. The van der Waals surface area contributed by atoms with E-state index in [-0.39, 0.29) is 47.1 Å². The third-order valence-corrected chi connectivity index (χ3v) is 6.78. The SMILES string of the molecule is CC(C)S(=O)(=O)c1ccccc1C(=O)N1CCCC(C(=O)NCCN)C1.Cl. The molecule has 0 bridgehead atoms. The quantitative estimate of drug-likeness (QED) is 0.723. The Kier molecular flexibility index (Phi) is 8.71. The van der Waals surface area contributed by atoms with Gasteiger partial charge >= 0.3 is 0 Å². The van der Waals surface area contributed by atoms with Gasteiger partial charge in [0.25, 0.3) is 5.91 Å². The smallest absolute Gasteiger partial charge is 0.255 e. The molecule has 1 unspecified atom stereocenters. The lowest BCUT2D eigenvalue weighted by atomic mass is 9.96. The minimum atomic E-state index is -3.57. The molecule has 1 aliphatic heterocycles. The lowest BCUT2D eigenvalue weighted by molar-refractivity contribution is -0.126. The van der Waals surface area contributed by atoms with Crippen LogP contribution in [-0.2, 0) is 14.6 Å². The Labute approximate surface area is 167 Å². The van der Waals surface area contributed by atoms with E-state index in [0.29, 0.717) is 32.5 Å². The van der Waals surface area contributed by atoms with Gasteiger partial charge in [-0.3, -0.25) is 9.59 Å². The van der Waals surface area contributed by atoms with Gasteiger partial charge in [0.15, 0.2) is 9.84 Å². The molecule has 2 amide bonds. The van der Waals surface area contributed by atoms with E-state index in [2.05, 4.69) is 5.32 Å². The lowest BCUT2D eigenvalue weighted by Crippen LogP contribution is -2.46. The van der Waals surface area contributed by atoms with Crippen LogP contribution < -0.4 is 11.1 Å². The number of amides is 2. The van der Waals surface area contributed by atoms with Crippen molar-refractivity contribution in [3.63, 3.8) is 0 Å². The van der Waals surface area contributed by atoms with E-state index in [1.807, 2.05) is 0 Å². The third-order valence-electron chi connectivity index (χ3n) is 4.57. The molecule has 9 heteroatoms. The van der Waals surface area contributed by atoms with Crippen molar-refractivity contribution in [1.82, 2.24) is 10.2 Å². The normalized spacial score (nSPS) is 17.3. The van der Waals surface area contributed by atoms with Crippen molar-refractivity contribution in [2.75, 3.05) is 26.2 Å². The largest absolute Gasteiger partial charge is 0.355 e. The van der Waals surface area contributed by atoms with E-state index in [4.69, 9.17) is 5.73 Å². The minimum Gasteiger partial charge on any atom is -0.355 e. The Morgan fingerprint density at radius 3 is 2.59 bits per heavy atom. The molecule has 1 aromatic carbocycles. The molecule has 7 nitrogen and oxygen atoms in total. The van der Waals surface area contributed by atoms with Crippen molar-refractivity contribution < 1.29 is 18.0 Å². The zero-order chi connectivity index (χ0) is 19.3. The van der Waals surface area contributed by atoms with Crippen LogP contribution in [0.2, 0.25) is 0 Å². The van der Waals surface area contributed by atoms with Gasteiger partial charge < -0.3 is 16.0 Å². The first-order valence-electron chi connectivity index (χ1n) is 8.89. The summed E-state index contributed by atoms with van der Waals surface area (Å²) in [6, 6.07) is 6.28. The molecule has 0 saturated carbocycles. The molecule has 27 heavy (non-hydrogen) atoms. The van der Waals surface area contributed by atoms with E-state index < -0.39 is 15.1 Å². The summed E-state index contributed by atoms with van der Waals surface area (Å²) in [4.78, 5) is 26.8. The molecule has 2 rings (SSSR count). The zero-order valence-electron chi connectivity index (χ0n) is 15.7. The predicted octanol–water partition coefficient (Wildman–Crippen LogP) is 1.22. The van der Waals surface area contributed by atoms with Crippen LogP contribution in [0, 0.1) is 5.92 Å². The third kappa shape index (κ3) is 5.43. The monoisotopic (exact) mass is 417 g/mol. The van der Waals surface area contributed by atoms with E-state index in [1.165, 1.54) is 12.1 Å². The summed E-state index contributed by atoms with van der Waals surface area (Å²) in [6.45, 7) is 4.74. The molecular formula is C18H28ClN3O4S. The molecular weight excluding hydrogens is 390 g/mol. The maximum atomic E-state index is 13.0. The van der Waals surface area contributed by atoms with E-state index >= 15 is 0 Å². The molecule has 1 fully saturated rings. The van der Waals surface area contributed by atoms with Crippen molar-refractivity contribution in [2.45, 2.75) is 36.8 Å².